The van der Waals surface area contributed by atoms with Crippen LogP contribution in [0.25, 0.3) is 0 Å². The maximum absolute atomic E-state index is 12.2. The van der Waals surface area contributed by atoms with Gasteiger partial charge in [0.1, 0.15) is 5.70 Å². The first-order valence-corrected chi connectivity index (χ1v) is 8.85. The highest BCUT2D eigenvalue weighted by Gasteiger charge is 2.21. The fourth-order valence-electron chi connectivity index (χ4n) is 2.71. The zero-order valence-corrected chi connectivity index (χ0v) is 16.5. The Hall–Kier alpha value is -3.61. The van der Waals surface area contributed by atoms with E-state index in [4.69, 9.17) is 4.74 Å². The minimum Gasteiger partial charge on any atom is -0.469 e. The lowest BCUT2D eigenvalue weighted by Crippen LogP contribution is -2.17. The van der Waals surface area contributed by atoms with Crippen LogP contribution in [0.3, 0.4) is 0 Å². The summed E-state index contributed by atoms with van der Waals surface area (Å²) in [5, 5.41) is 2.84. The van der Waals surface area contributed by atoms with Crippen molar-refractivity contribution in [3.8, 4) is 0 Å². The van der Waals surface area contributed by atoms with Gasteiger partial charge in [-0.2, -0.15) is 0 Å². The molecule has 0 saturated heterocycles. The Morgan fingerprint density at radius 2 is 1.55 bits per heavy atom. The summed E-state index contributed by atoms with van der Waals surface area (Å²) < 4.78 is 14.2. The van der Waals surface area contributed by atoms with Crippen molar-refractivity contribution in [2.75, 3.05) is 26.6 Å². The second-order valence-corrected chi connectivity index (χ2v) is 6.09. The molecule has 0 amide bonds. The first kappa shape index (κ1) is 21.7. The van der Waals surface area contributed by atoms with Gasteiger partial charge in [0.15, 0.2) is 0 Å². The Morgan fingerprint density at radius 1 is 0.897 bits per heavy atom. The quantitative estimate of drug-likeness (QED) is 0.416. The van der Waals surface area contributed by atoms with Gasteiger partial charge in [0.05, 0.1) is 33.3 Å². The van der Waals surface area contributed by atoms with Crippen LogP contribution in [-0.2, 0) is 35.0 Å². The number of esters is 3. The first-order valence-electron chi connectivity index (χ1n) is 8.85. The van der Waals surface area contributed by atoms with Gasteiger partial charge in [-0.1, -0.05) is 42.5 Å². The number of benzene rings is 2. The van der Waals surface area contributed by atoms with Gasteiger partial charge in [-0.15, -0.1) is 0 Å². The molecule has 0 fully saturated rings. The van der Waals surface area contributed by atoms with E-state index in [9.17, 15) is 14.4 Å². The van der Waals surface area contributed by atoms with Crippen molar-refractivity contribution in [3.63, 3.8) is 0 Å². The Morgan fingerprint density at radius 3 is 2.10 bits per heavy atom. The standard InChI is InChI=1S/C22H23NO6/c1-27-20(24)14-19(22(26)29-3)23-17-11-9-15(10-12-17)13-18(21(25)28-2)16-7-5-4-6-8-16/h4-12,14,18,23H,13H2,1-3H3/b19-14+. The highest BCUT2D eigenvalue weighted by Crippen LogP contribution is 2.23. The third-order valence-electron chi connectivity index (χ3n) is 4.23. The Bertz CT molecular complexity index is 874. The van der Waals surface area contributed by atoms with E-state index < -0.39 is 17.9 Å². The largest absolute Gasteiger partial charge is 0.469 e. The van der Waals surface area contributed by atoms with Gasteiger partial charge < -0.3 is 19.5 Å². The summed E-state index contributed by atoms with van der Waals surface area (Å²) in [6, 6.07) is 16.5. The van der Waals surface area contributed by atoms with Gasteiger partial charge in [0.25, 0.3) is 0 Å². The minimum absolute atomic E-state index is 0.0520. The molecule has 1 N–H and O–H groups in total. The summed E-state index contributed by atoms with van der Waals surface area (Å²) in [6.45, 7) is 0. The molecular weight excluding hydrogens is 374 g/mol. The number of hydrogen-bond acceptors (Lipinski definition) is 7. The molecule has 0 aliphatic carbocycles. The molecule has 1 unspecified atom stereocenters. The molecule has 7 nitrogen and oxygen atoms in total. The van der Waals surface area contributed by atoms with Crippen molar-refractivity contribution >= 4 is 23.6 Å². The second kappa shape index (κ2) is 10.7. The number of nitrogens with one attached hydrogen (secondary N) is 1. The molecule has 0 aliphatic rings. The van der Waals surface area contributed by atoms with Crippen molar-refractivity contribution in [1.82, 2.24) is 0 Å². The summed E-state index contributed by atoms with van der Waals surface area (Å²) in [7, 11) is 3.80. The summed E-state index contributed by atoms with van der Waals surface area (Å²) >= 11 is 0. The fourth-order valence-corrected chi connectivity index (χ4v) is 2.71. The van der Waals surface area contributed by atoms with Crippen LogP contribution in [-0.4, -0.2) is 39.2 Å². The average Bonchev–Trinajstić information content (AvgIpc) is 2.77. The molecule has 0 saturated carbocycles. The van der Waals surface area contributed by atoms with E-state index in [0.29, 0.717) is 12.1 Å². The number of rotatable bonds is 8. The molecular formula is C22H23NO6. The van der Waals surface area contributed by atoms with Crippen LogP contribution >= 0.6 is 0 Å². The lowest BCUT2D eigenvalue weighted by Gasteiger charge is -2.16. The third kappa shape index (κ3) is 6.21. The Labute approximate surface area is 169 Å². The normalized spacial score (nSPS) is 11.9. The van der Waals surface area contributed by atoms with Crippen LogP contribution in [0.15, 0.2) is 66.4 Å². The molecule has 1 atom stereocenters. The van der Waals surface area contributed by atoms with E-state index >= 15 is 0 Å². The highest BCUT2D eigenvalue weighted by atomic mass is 16.5. The number of carbonyl (C=O) groups excluding carboxylic acids is 3. The lowest BCUT2D eigenvalue weighted by atomic mass is 9.92. The molecule has 7 heteroatoms. The number of ether oxygens (including phenoxy) is 3. The molecule has 0 aromatic heterocycles. The van der Waals surface area contributed by atoms with E-state index in [1.165, 1.54) is 21.3 Å². The number of anilines is 1. The van der Waals surface area contributed by atoms with Crippen LogP contribution in [0.5, 0.6) is 0 Å². The van der Waals surface area contributed by atoms with Gasteiger partial charge in [0, 0.05) is 5.69 Å². The van der Waals surface area contributed by atoms with E-state index in [-0.39, 0.29) is 11.7 Å². The first-order chi connectivity index (χ1) is 14.0. The maximum atomic E-state index is 12.2. The second-order valence-electron chi connectivity index (χ2n) is 6.09. The topological polar surface area (TPSA) is 90.9 Å². The lowest BCUT2D eigenvalue weighted by molar-refractivity contribution is -0.142. The van der Waals surface area contributed by atoms with E-state index in [2.05, 4.69) is 14.8 Å². The number of hydrogen-bond donors (Lipinski definition) is 1. The van der Waals surface area contributed by atoms with Crippen LogP contribution in [0.4, 0.5) is 5.69 Å². The number of methoxy groups -OCH3 is 3. The SMILES string of the molecule is COC(=O)/C=C(/Nc1ccc(CC(C(=O)OC)c2ccccc2)cc1)C(=O)OC. The summed E-state index contributed by atoms with van der Waals surface area (Å²) in [6.07, 6.45) is 1.47. The van der Waals surface area contributed by atoms with E-state index in [0.717, 1.165) is 17.2 Å². The minimum atomic E-state index is -0.700. The van der Waals surface area contributed by atoms with Gasteiger partial charge >= 0.3 is 17.9 Å². The molecule has 0 bridgehead atoms. The summed E-state index contributed by atoms with van der Waals surface area (Å²) in [5.74, 6) is -2.12. The third-order valence-corrected chi connectivity index (χ3v) is 4.23. The molecule has 29 heavy (non-hydrogen) atoms. The summed E-state index contributed by atoms with van der Waals surface area (Å²) in [5.41, 5.74) is 2.30. The van der Waals surface area contributed by atoms with Gasteiger partial charge in [-0.3, -0.25) is 4.79 Å². The van der Waals surface area contributed by atoms with Crippen molar-refractivity contribution in [3.05, 3.63) is 77.5 Å². The molecule has 0 heterocycles. The molecule has 2 aromatic carbocycles. The summed E-state index contributed by atoms with van der Waals surface area (Å²) in [4.78, 5) is 35.5. The fraction of sp³-hybridized carbons (Fsp3) is 0.227. The average molecular weight is 397 g/mol. The van der Waals surface area contributed by atoms with Gasteiger partial charge in [-0.25, -0.2) is 9.59 Å². The number of carbonyl (C=O) groups is 3. The van der Waals surface area contributed by atoms with Gasteiger partial charge in [0.2, 0.25) is 0 Å². The Balaban J connectivity index is 2.18. The molecule has 2 rings (SSSR count). The van der Waals surface area contributed by atoms with Crippen LogP contribution in [0.2, 0.25) is 0 Å². The predicted molar refractivity (Wildman–Crippen MR) is 107 cm³/mol. The van der Waals surface area contributed by atoms with Crippen molar-refractivity contribution in [2.45, 2.75) is 12.3 Å². The van der Waals surface area contributed by atoms with Crippen LogP contribution in [0.1, 0.15) is 17.0 Å². The Kier molecular flexibility index (Phi) is 7.97. The van der Waals surface area contributed by atoms with Crippen LogP contribution in [0, 0.1) is 0 Å². The molecule has 152 valence electrons. The van der Waals surface area contributed by atoms with Crippen molar-refractivity contribution < 1.29 is 28.6 Å². The van der Waals surface area contributed by atoms with E-state index in [1.54, 1.807) is 12.1 Å². The zero-order valence-electron chi connectivity index (χ0n) is 16.5. The molecule has 0 spiro atoms. The van der Waals surface area contributed by atoms with Crippen LogP contribution < -0.4 is 5.32 Å². The highest BCUT2D eigenvalue weighted by molar-refractivity contribution is 5.98. The molecule has 0 radical (unpaired) electrons. The van der Waals surface area contributed by atoms with Gasteiger partial charge in [-0.05, 0) is 29.7 Å². The monoisotopic (exact) mass is 397 g/mol. The van der Waals surface area contributed by atoms with E-state index in [1.807, 2.05) is 42.5 Å². The molecule has 2 aromatic rings. The van der Waals surface area contributed by atoms with Crippen molar-refractivity contribution in [1.29, 1.82) is 0 Å². The maximum Gasteiger partial charge on any atom is 0.354 e. The smallest absolute Gasteiger partial charge is 0.354 e. The predicted octanol–water partition coefficient (Wildman–Crippen LogP) is 2.83. The zero-order chi connectivity index (χ0) is 21.2. The molecule has 0 aliphatic heterocycles. The van der Waals surface area contributed by atoms with Crippen molar-refractivity contribution in [2.24, 2.45) is 0 Å².